The van der Waals surface area contributed by atoms with Crippen LogP contribution in [0, 0.1) is 0 Å². The van der Waals surface area contributed by atoms with Gasteiger partial charge in [0.2, 0.25) is 5.37 Å². The number of rotatable bonds is 20. The van der Waals surface area contributed by atoms with E-state index < -0.39 is 35.1 Å². The second-order valence-electron chi connectivity index (χ2n) is 10.5. The van der Waals surface area contributed by atoms with Crippen molar-refractivity contribution >= 4 is 35.9 Å². The maximum atomic E-state index is 14.3. The number of unbranched alkanes of at least 4 members (excludes halogenated alkanes) is 9. The molecule has 2 N–H and O–H groups in total. The molecule has 224 valence electrons. The van der Waals surface area contributed by atoms with E-state index in [-0.39, 0.29) is 0 Å². The number of fused-ring (bicyclic) bond motifs is 1. The van der Waals surface area contributed by atoms with Crippen LogP contribution >= 0.6 is 6.64 Å². The summed E-state index contributed by atoms with van der Waals surface area (Å²) in [6.45, 7) is 7.71. The predicted molar refractivity (Wildman–Crippen MR) is 163 cm³/mol. The number of benzene rings is 1. The normalized spacial score (nSPS) is 16.1. The minimum Gasteiger partial charge on any atom is -0.596 e. The fourth-order valence-electron chi connectivity index (χ4n) is 4.85. The average Bonchev–Trinajstić information content (AvgIpc) is 3.19. The second-order valence-corrected chi connectivity index (χ2v) is 15.6. The van der Waals surface area contributed by atoms with Crippen molar-refractivity contribution in [1.82, 2.24) is 9.39 Å². The zero-order valence-electron chi connectivity index (χ0n) is 24.4. The van der Waals surface area contributed by atoms with Crippen molar-refractivity contribution in [3.63, 3.8) is 0 Å². The van der Waals surface area contributed by atoms with Gasteiger partial charge >= 0.3 is 12.7 Å². The van der Waals surface area contributed by atoms with E-state index in [1.807, 2.05) is 39.8 Å². The zero-order chi connectivity index (χ0) is 28.9. The summed E-state index contributed by atoms with van der Waals surface area (Å²) >= 11 is 3.97. The minimum absolute atomic E-state index is 0.304. The van der Waals surface area contributed by atoms with Gasteiger partial charge in [-0.15, -0.1) is 0 Å². The van der Waals surface area contributed by atoms with Crippen LogP contribution in [0.4, 0.5) is 4.79 Å². The summed E-state index contributed by atoms with van der Waals surface area (Å²) in [6, 6.07) is 5.57. The number of hydrogen-bond donors (Lipinski definition) is 2. The highest BCUT2D eigenvalue weighted by Crippen LogP contribution is 2.56. The molecule has 0 aliphatic carbocycles. The molecule has 2 unspecified atom stereocenters. The van der Waals surface area contributed by atoms with Gasteiger partial charge in [-0.2, -0.15) is 0 Å². The third kappa shape index (κ3) is 10.8. The molecule has 1 aromatic rings. The lowest BCUT2D eigenvalue weighted by Crippen LogP contribution is -2.42. The first kappa shape index (κ1) is 34.3. The van der Waals surface area contributed by atoms with E-state index in [0.29, 0.717) is 37.5 Å². The molecule has 0 aromatic heterocycles. The van der Waals surface area contributed by atoms with Crippen molar-refractivity contribution in [2.24, 2.45) is 0 Å². The first-order chi connectivity index (χ1) is 18.6. The van der Waals surface area contributed by atoms with E-state index >= 15 is 0 Å². The third-order valence-electron chi connectivity index (χ3n) is 6.63. The van der Waals surface area contributed by atoms with Crippen LogP contribution < -0.4 is 10.1 Å². The van der Waals surface area contributed by atoms with Gasteiger partial charge in [-0.1, -0.05) is 76.8 Å². The number of carboxylic acid groups (broad SMARTS) is 1. The SMILES string of the molecule is CCCCCCCCCCCCN([S+]([O-])C(NC(=O)O)c1cccc2c1OC(C)(C)C2)P(=S)(OCC)OCC. The molecule has 8 nitrogen and oxygen atoms in total. The van der Waals surface area contributed by atoms with Gasteiger partial charge in [0.05, 0.1) is 36.7 Å². The Balaban J connectivity index is 2.21. The molecule has 1 aliphatic heterocycles. The highest BCUT2D eigenvalue weighted by Gasteiger charge is 2.45. The smallest absolute Gasteiger partial charge is 0.408 e. The molecule has 39 heavy (non-hydrogen) atoms. The Morgan fingerprint density at radius 3 is 2.21 bits per heavy atom. The van der Waals surface area contributed by atoms with Crippen LogP contribution in [-0.4, -0.2) is 45.2 Å². The molecule has 11 heteroatoms. The van der Waals surface area contributed by atoms with Crippen molar-refractivity contribution in [1.29, 1.82) is 0 Å². The van der Waals surface area contributed by atoms with Crippen LogP contribution in [0.1, 0.15) is 115 Å². The third-order valence-corrected chi connectivity index (χ3v) is 12.6. The molecule has 0 saturated heterocycles. The molecule has 0 bridgehead atoms. The van der Waals surface area contributed by atoms with Crippen LogP contribution in [0.5, 0.6) is 5.75 Å². The van der Waals surface area contributed by atoms with E-state index in [2.05, 4.69) is 12.2 Å². The van der Waals surface area contributed by atoms with E-state index in [1.165, 1.54) is 44.9 Å². The van der Waals surface area contributed by atoms with E-state index in [1.54, 1.807) is 10.1 Å². The molecule has 1 heterocycles. The Bertz CT molecular complexity index is 925. The predicted octanol–water partition coefficient (Wildman–Crippen LogP) is 7.85. The Kier molecular flexibility index (Phi) is 15.1. The van der Waals surface area contributed by atoms with Gasteiger partial charge in [0, 0.05) is 6.42 Å². The van der Waals surface area contributed by atoms with Crippen molar-refractivity contribution in [2.75, 3.05) is 19.8 Å². The van der Waals surface area contributed by atoms with E-state index in [9.17, 15) is 14.5 Å². The molecule has 2 atom stereocenters. The number of amides is 1. The van der Waals surface area contributed by atoms with Gasteiger partial charge in [-0.3, -0.25) is 5.32 Å². The van der Waals surface area contributed by atoms with Gasteiger partial charge in [-0.25, -0.2) is 4.79 Å². The fraction of sp³-hybridized carbons (Fsp3) is 0.750. The molecule has 0 fully saturated rings. The standard InChI is InChI=1S/C28H49N2O6PS2/c1-6-9-10-11-12-13-14-15-16-17-21-30(37(38,34-7-2)35-8-3)39(33)26(29-27(31)32)24-20-18-19-23-22-28(4,5)36-25(23)24/h18-20,26,29H,6-17,21-22H2,1-5H3,(H,31,32). The Morgan fingerprint density at radius 1 is 1.10 bits per heavy atom. The first-order valence-corrected chi connectivity index (χ1v) is 18.2. The molecule has 1 aliphatic rings. The summed E-state index contributed by atoms with van der Waals surface area (Å²) in [4.78, 5) is 11.9. The van der Waals surface area contributed by atoms with Crippen molar-refractivity contribution < 1.29 is 28.2 Å². The monoisotopic (exact) mass is 604 g/mol. The van der Waals surface area contributed by atoms with Gasteiger partial charge in [0.15, 0.2) is 0 Å². The largest absolute Gasteiger partial charge is 0.596 e. The number of hydrogen-bond acceptors (Lipinski definition) is 6. The van der Waals surface area contributed by atoms with Gasteiger partial charge in [-0.05, 0) is 61.6 Å². The summed E-state index contributed by atoms with van der Waals surface area (Å²) in [5.74, 6) is 0.578. The number of ether oxygens (including phenoxy) is 1. The topological polar surface area (TPSA) is 103 Å². The van der Waals surface area contributed by atoms with Crippen molar-refractivity contribution in [3.05, 3.63) is 29.3 Å². The molecular weight excluding hydrogens is 555 g/mol. The van der Waals surface area contributed by atoms with Crippen molar-refractivity contribution in [2.45, 2.75) is 116 Å². The van der Waals surface area contributed by atoms with Crippen LogP contribution in [-0.2, 0) is 38.6 Å². The van der Waals surface area contributed by atoms with Gasteiger partial charge in [0.1, 0.15) is 11.4 Å². The Hall–Kier alpha value is -0.870. The summed E-state index contributed by atoms with van der Waals surface area (Å²) < 4.78 is 34.0. The lowest BCUT2D eigenvalue weighted by Gasteiger charge is -2.36. The Morgan fingerprint density at radius 2 is 1.67 bits per heavy atom. The maximum absolute atomic E-state index is 14.3. The minimum atomic E-state index is -3.13. The molecule has 0 spiro atoms. The average molecular weight is 605 g/mol. The lowest BCUT2D eigenvalue weighted by molar-refractivity contribution is 0.137. The van der Waals surface area contributed by atoms with Crippen LogP contribution in [0.15, 0.2) is 18.2 Å². The van der Waals surface area contributed by atoms with Crippen LogP contribution in [0.2, 0.25) is 0 Å². The number of nitrogens with one attached hydrogen (secondary N) is 1. The van der Waals surface area contributed by atoms with E-state index in [4.69, 9.17) is 25.6 Å². The molecule has 2 rings (SSSR count). The number of para-hydroxylation sites is 1. The number of carbonyl (C=O) groups is 1. The van der Waals surface area contributed by atoms with Gasteiger partial charge < -0.3 is 23.4 Å². The highest BCUT2D eigenvalue weighted by molar-refractivity contribution is 8.13. The lowest BCUT2D eigenvalue weighted by atomic mass is 10.0. The second kappa shape index (κ2) is 17.2. The first-order valence-electron chi connectivity index (χ1n) is 14.5. The number of nitrogens with zero attached hydrogens (tertiary/aromatic N) is 1. The summed E-state index contributed by atoms with van der Waals surface area (Å²) in [6.07, 6.45) is 11.1. The fourth-order valence-corrected chi connectivity index (χ4v) is 10.2. The Labute approximate surface area is 244 Å². The molecular formula is C28H49N2O6PS2. The molecule has 0 radical (unpaired) electrons. The summed E-state index contributed by atoms with van der Waals surface area (Å²) in [7, 11) is 0. The highest BCUT2D eigenvalue weighted by atomic mass is 32.5. The zero-order valence-corrected chi connectivity index (χ0v) is 26.9. The quantitative estimate of drug-likeness (QED) is 0.0881. The van der Waals surface area contributed by atoms with Crippen molar-refractivity contribution in [3.8, 4) is 5.75 Å². The van der Waals surface area contributed by atoms with E-state index in [0.717, 1.165) is 24.8 Å². The van der Waals surface area contributed by atoms with Gasteiger partial charge in [0.25, 0.3) is 0 Å². The molecule has 1 aromatic carbocycles. The summed E-state index contributed by atoms with van der Waals surface area (Å²) in [5.41, 5.74) is 1.05. The summed E-state index contributed by atoms with van der Waals surface area (Å²) in [5, 5.41) is 11.1. The molecule has 0 saturated carbocycles. The molecule has 1 amide bonds. The van der Waals surface area contributed by atoms with Crippen LogP contribution in [0.25, 0.3) is 0 Å². The van der Waals surface area contributed by atoms with Crippen LogP contribution in [0.3, 0.4) is 0 Å². The maximum Gasteiger partial charge on any atom is 0.408 e.